The zero-order valence-electron chi connectivity index (χ0n) is 17.0. The van der Waals surface area contributed by atoms with Crippen molar-refractivity contribution >= 4 is 24.3 Å². The van der Waals surface area contributed by atoms with Crippen molar-refractivity contribution in [2.75, 3.05) is 6.54 Å². The molecule has 1 aliphatic rings. The standard InChI is InChI=1S/C19H18F6N4O3.ClH/c1-8-16-15(17(31)32)27-18(19(23,24)25)29(16)3-2-28(8)14(30)6-10(26)4-9-5-12(21)13(22)7-11(9)20;/h5,7-8,10H,2-4,6,26H2,1H3,(H,31,32);1H/t8-,10?;/m1./s1. The number of carbonyl (C=O) groups excluding carboxylic acids is 1. The minimum atomic E-state index is -4.88. The molecule has 1 aromatic heterocycles. The molecule has 1 aliphatic heterocycles. The summed E-state index contributed by atoms with van der Waals surface area (Å²) in [5, 5.41) is 9.28. The number of carbonyl (C=O) groups is 2. The largest absolute Gasteiger partial charge is 0.476 e. The number of rotatable bonds is 5. The molecular formula is C19H19ClF6N4O3. The molecule has 1 aromatic carbocycles. The smallest absolute Gasteiger partial charge is 0.449 e. The van der Waals surface area contributed by atoms with Gasteiger partial charge in [-0.05, 0) is 25.0 Å². The van der Waals surface area contributed by atoms with Gasteiger partial charge in [-0.25, -0.2) is 22.9 Å². The molecule has 3 N–H and O–H groups in total. The molecule has 0 saturated heterocycles. The zero-order chi connectivity index (χ0) is 24.0. The third-order valence-electron chi connectivity index (χ3n) is 5.22. The van der Waals surface area contributed by atoms with Crippen molar-refractivity contribution in [3.63, 3.8) is 0 Å². The molecule has 1 amide bonds. The fraction of sp³-hybridized carbons (Fsp3) is 0.421. The fourth-order valence-electron chi connectivity index (χ4n) is 3.80. The molecular weight excluding hydrogens is 482 g/mol. The lowest BCUT2D eigenvalue weighted by Gasteiger charge is -2.36. The van der Waals surface area contributed by atoms with Gasteiger partial charge in [0, 0.05) is 31.6 Å². The van der Waals surface area contributed by atoms with Crippen LogP contribution < -0.4 is 5.73 Å². The van der Waals surface area contributed by atoms with Gasteiger partial charge in [-0.15, -0.1) is 12.4 Å². The first-order valence-electron chi connectivity index (χ1n) is 9.40. The molecule has 0 bridgehead atoms. The number of hydrogen-bond donors (Lipinski definition) is 2. The summed E-state index contributed by atoms with van der Waals surface area (Å²) in [6.07, 6.45) is -5.57. The molecule has 2 aromatic rings. The van der Waals surface area contributed by atoms with E-state index in [2.05, 4.69) is 4.98 Å². The quantitative estimate of drug-likeness (QED) is 0.484. The van der Waals surface area contributed by atoms with E-state index in [0.29, 0.717) is 12.1 Å². The van der Waals surface area contributed by atoms with E-state index in [9.17, 15) is 41.0 Å². The number of aromatic carboxylic acids is 1. The molecule has 3 rings (SSSR count). The van der Waals surface area contributed by atoms with Crippen LogP contribution in [0.25, 0.3) is 0 Å². The van der Waals surface area contributed by atoms with Crippen molar-refractivity contribution in [2.45, 2.75) is 44.6 Å². The number of hydrogen-bond acceptors (Lipinski definition) is 4. The number of amides is 1. The summed E-state index contributed by atoms with van der Waals surface area (Å²) < 4.78 is 80.7. The number of nitrogens with two attached hydrogens (primary N) is 1. The summed E-state index contributed by atoms with van der Waals surface area (Å²) in [5.74, 6) is -7.34. The van der Waals surface area contributed by atoms with Crippen molar-refractivity contribution < 1.29 is 41.0 Å². The molecule has 7 nitrogen and oxygen atoms in total. The number of alkyl halides is 3. The average molecular weight is 501 g/mol. The summed E-state index contributed by atoms with van der Waals surface area (Å²) in [6.45, 7) is 0.850. The fourth-order valence-corrected chi connectivity index (χ4v) is 3.80. The molecule has 182 valence electrons. The lowest BCUT2D eigenvalue weighted by atomic mass is 10.0. The van der Waals surface area contributed by atoms with Gasteiger partial charge in [0.1, 0.15) is 5.82 Å². The van der Waals surface area contributed by atoms with Gasteiger partial charge in [-0.1, -0.05) is 0 Å². The monoisotopic (exact) mass is 500 g/mol. The predicted molar refractivity (Wildman–Crippen MR) is 104 cm³/mol. The summed E-state index contributed by atoms with van der Waals surface area (Å²) in [6, 6.07) is -1.07. The van der Waals surface area contributed by atoms with E-state index >= 15 is 0 Å². The van der Waals surface area contributed by atoms with Crippen LogP contribution in [0.2, 0.25) is 0 Å². The average Bonchev–Trinajstić information content (AvgIpc) is 3.07. The van der Waals surface area contributed by atoms with E-state index in [0.717, 1.165) is 9.47 Å². The molecule has 0 saturated carbocycles. The normalized spacial score (nSPS) is 16.7. The first-order valence-corrected chi connectivity index (χ1v) is 9.40. The van der Waals surface area contributed by atoms with Gasteiger partial charge in [-0.2, -0.15) is 13.2 Å². The molecule has 2 atom stereocenters. The number of imidazole rings is 1. The number of fused-ring (bicyclic) bond motifs is 1. The van der Waals surface area contributed by atoms with E-state index in [1.54, 1.807) is 0 Å². The van der Waals surface area contributed by atoms with Gasteiger partial charge in [0.25, 0.3) is 0 Å². The van der Waals surface area contributed by atoms with Gasteiger partial charge < -0.3 is 20.3 Å². The summed E-state index contributed by atoms with van der Waals surface area (Å²) in [4.78, 5) is 28.5. The molecule has 0 fully saturated rings. The maximum absolute atomic E-state index is 13.8. The highest BCUT2D eigenvalue weighted by Gasteiger charge is 2.43. The first kappa shape index (κ1) is 26.5. The molecule has 0 spiro atoms. The Balaban J connectivity index is 0.00000385. The van der Waals surface area contributed by atoms with E-state index < -0.39 is 59.1 Å². The second-order valence-electron chi connectivity index (χ2n) is 7.41. The van der Waals surface area contributed by atoms with Crippen molar-refractivity contribution in [2.24, 2.45) is 5.73 Å². The Kier molecular flexibility index (Phi) is 7.69. The number of halogens is 7. The lowest BCUT2D eigenvalue weighted by Crippen LogP contribution is -2.44. The topological polar surface area (TPSA) is 101 Å². The third-order valence-corrected chi connectivity index (χ3v) is 5.22. The number of aromatic nitrogens is 2. The molecule has 14 heteroatoms. The van der Waals surface area contributed by atoms with Crippen LogP contribution in [0.5, 0.6) is 0 Å². The maximum Gasteiger partial charge on any atom is 0.449 e. The van der Waals surface area contributed by atoms with Crippen molar-refractivity contribution in [3.05, 3.63) is 52.4 Å². The SMILES string of the molecule is C[C@@H]1c2c(C(=O)O)nc(C(F)(F)F)n2CCN1C(=O)CC(N)Cc1cc(F)c(F)cc1F.Cl. The van der Waals surface area contributed by atoms with Crippen LogP contribution in [0, 0.1) is 17.5 Å². The predicted octanol–water partition coefficient (Wildman–Crippen LogP) is 3.30. The van der Waals surface area contributed by atoms with Gasteiger partial charge in [0.2, 0.25) is 11.7 Å². The van der Waals surface area contributed by atoms with Crippen LogP contribution in [0.1, 0.15) is 47.0 Å². The van der Waals surface area contributed by atoms with Gasteiger partial charge in [0.15, 0.2) is 17.3 Å². The maximum atomic E-state index is 13.8. The zero-order valence-corrected chi connectivity index (χ0v) is 17.8. The highest BCUT2D eigenvalue weighted by molar-refractivity contribution is 5.87. The number of carboxylic acid groups (broad SMARTS) is 1. The van der Waals surface area contributed by atoms with Crippen LogP contribution in [-0.2, 0) is 23.9 Å². The van der Waals surface area contributed by atoms with E-state index in [1.165, 1.54) is 6.92 Å². The first-order chi connectivity index (χ1) is 14.8. The van der Waals surface area contributed by atoms with Gasteiger partial charge in [-0.3, -0.25) is 4.79 Å². The number of benzene rings is 1. The molecule has 0 aliphatic carbocycles. The Bertz CT molecular complexity index is 1070. The van der Waals surface area contributed by atoms with E-state index in [1.807, 2.05) is 0 Å². The Morgan fingerprint density at radius 3 is 2.36 bits per heavy atom. The van der Waals surface area contributed by atoms with Gasteiger partial charge in [0.05, 0.1) is 11.7 Å². The summed E-state index contributed by atoms with van der Waals surface area (Å²) >= 11 is 0. The van der Waals surface area contributed by atoms with Crippen LogP contribution in [-0.4, -0.2) is 44.0 Å². The molecule has 33 heavy (non-hydrogen) atoms. The highest BCUT2D eigenvalue weighted by atomic mass is 35.5. The second kappa shape index (κ2) is 9.59. The minimum absolute atomic E-state index is 0. The Morgan fingerprint density at radius 2 is 1.79 bits per heavy atom. The van der Waals surface area contributed by atoms with Crippen molar-refractivity contribution in [3.8, 4) is 0 Å². The Labute approximate surface area is 189 Å². The lowest BCUT2D eigenvalue weighted by molar-refractivity contribution is -0.148. The Morgan fingerprint density at radius 1 is 1.18 bits per heavy atom. The van der Waals surface area contributed by atoms with E-state index in [4.69, 9.17) is 5.73 Å². The van der Waals surface area contributed by atoms with Crippen LogP contribution in [0.15, 0.2) is 12.1 Å². The third kappa shape index (κ3) is 5.24. The van der Waals surface area contributed by atoms with Gasteiger partial charge >= 0.3 is 12.1 Å². The number of carboxylic acids is 1. The van der Waals surface area contributed by atoms with Crippen molar-refractivity contribution in [1.82, 2.24) is 14.5 Å². The second-order valence-corrected chi connectivity index (χ2v) is 7.41. The molecule has 1 unspecified atom stereocenters. The number of nitrogens with zero attached hydrogens (tertiary/aromatic N) is 3. The summed E-state index contributed by atoms with van der Waals surface area (Å²) in [7, 11) is 0. The van der Waals surface area contributed by atoms with Crippen molar-refractivity contribution in [1.29, 1.82) is 0 Å². The molecule has 2 heterocycles. The highest BCUT2D eigenvalue weighted by Crippen LogP contribution is 2.36. The summed E-state index contributed by atoms with van der Waals surface area (Å²) in [5.41, 5.74) is 4.54. The minimum Gasteiger partial charge on any atom is -0.476 e. The Hall–Kier alpha value is -2.80. The van der Waals surface area contributed by atoms with Crippen LogP contribution in [0.3, 0.4) is 0 Å². The van der Waals surface area contributed by atoms with E-state index in [-0.39, 0.29) is 49.6 Å². The van der Waals surface area contributed by atoms with Crippen LogP contribution in [0.4, 0.5) is 26.3 Å². The van der Waals surface area contributed by atoms with Crippen LogP contribution >= 0.6 is 12.4 Å². The molecule has 0 radical (unpaired) electrons.